The Labute approximate surface area is 118 Å². The third kappa shape index (κ3) is 2.53. The lowest BCUT2D eigenvalue weighted by atomic mass is 10.1. The standard InChI is InChI=1S/C12H7Cl3FNO/c1-18-10-3-2-6(16)4-7(10)11-8(13)5-9(14)12(15)17-11/h2-5H,1H3. The van der Waals surface area contributed by atoms with Gasteiger partial charge in [0.15, 0.2) is 0 Å². The first kappa shape index (κ1) is 13.4. The molecule has 2 nitrogen and oxygen atoms in total. The molecule has 2 rings (SSSR count). The summed E-state index contributed by atoms with van der Waals surface area (Å²) < 4.78 is 18.4. The van der Waals surface area contributed by atoms with Crippen LogP contribution < -0.4 is 4.74 Å². The number of halogens is 4. The molecule has 0 atom stereocenters. The van der Waals surface area contributed by atoms with Crippen LogP contribution in [0.5, 0.6) is 5.75 Å². The van der Waals surface area contributed by atoms with E-state index in [0.717, 1.165) is 0 Å². The van der Waals surface area contributed by atoms with Gasteiger partial charge in [0.25, 0.3) is 0 Å². The molecule has 0 N–H and O–H groups in total. The molecule has 2 aromatic rings. The number of aromatic nitrogens is 1. The number of methoxy groups -OCH3 is 1. The minimum absolute atomic E-state index is 0.0994. The summed E-state index contributed by atoms with van der Waals surface area (Å²) in [7, 11) is 1.47. The first-order valence-electron chi connectivity index (χ1n) is 4.88. The molecule has 0 unspecified atom stereocenters. The van der Waals surface area contributed by atoms with Gasteiger partial charge in [-0.3, -0.25) is 0 Å². The summed E-state index contributed by atoms with van der Waals surface area (Å²) in [4.78, 5) is 4.05. The zero-order chi connectivity index (χ0) is 13.3. The van der Waals surface area contributed by atoms with Gasteiger partial charge in [-0.15, -0.1) is 0 Å². The Bertz CT molecular complexity index is 604. The summed E-state index contributed by atoms with van der Waals surface area (Å²) >= 11 is 17.7. The number of ether oxygens (including phenoxy) is 1. The fraction of sp³-hybridized carbons (Fsp3) is 0.0833. The van der Waals surface area contributed by atoms with E-state index in [1.165, 1.54) is 31.4 Å². The molecule has 0 radical (unpaired) electrons. The summed E-state index contributed by atoms with van der Waals surface area (Å²) in [5.74, 6) is 0.0268. The van der Waals surface area contributed by atoms with E-state index in [1.807, 2.05) is 0 Å². The Kier molecular flexibility index (Phi) is 3.95. The van der Waals surface area contributed by atoms with E-state index in [9.17, 15) is 4.39 Å². The van der Waals surface area contributed by atoms with Gasteiger partial charge in [-0.25, -0.2) is 9.37 Å². The maximum Gasteiger partial charge on any atom is 0.148 e. The third-order valence-corrected chi connectivity index (χ3v) is 3.26. The van der Waals surface area contributed by atoms with Crippen molar-refractivity contribution in [3.05, 3.63) is 45.3 Å². The normalized spacial score (nSPS) is 10.5. The first-order valence-corrected chi connectivity index (χ1v) is 6.01. The molecule has 1 aromatic heterocycles. The van der Waals surface area contributed by atoms with E-state index >= 15 is 0 Å². The van der Waals surface area contributed by atoms with Crippen molar-refractivity contribution < 1.29 is 9.13 Å². The van der Waals surface area contributed by atoms with Crippen molar-refractivity contribution in [3.8, 4) is 17.0 Å². The second kappa shape index (κ2) is 5.31. The second-order valence-corrected chi connectivity index (χ2v) is 4.61. The SMILES string of the molecule is COc1ccc(F)cc1-c1nc(Cl)c(Cl)cc1Cl. The predicted octanol–water partition coefficient (Wildman–Crippen LogP) is 4.86. The first-order chi connectivity index (χ1) is 8.52. The van der Waals surface area contributed by atoms with E-state index in [0.29, 0.717) is 17.0 Å². The molecule has 0 aliphatic carbocycles. The molecule has 1 heterocycles. The molecule has 0 fully saturated rings. The average Bonchev–Trinajstić information content (AvgIpc) is 2.34. The monoisotopic (exact) mass is 305 g/mol. The lowest BCUT2D eigenvalue weighted by Crippen LogP contribution is -1.93. The number of hydrogen-bond acceptors (Lipinski definition) is 2. The number of pyridine rings is 1. The molecular weight excluding hydrogens is 299 g/mol. The Morgan fingerprint density at radius 2 is 1.83 bits per heavy atom. The molecule has 0 amide bonds. The summed E-state index contributed by atoms with van der Waals surface area (Å²) in [6, 6.07) is 5.51. The molecule has 0 aliphatic heterocycles. The summed E-state index contributed by atoms with van der Waals surface area (Å²) in [5, 5.41) is 0.608. The second-order valence-electron chi connectivity index (χ2n) is 3.44. The molecule has 0 aliphatic rings. The third-order valence-electron chi connectivity index (χ3n) is 2.30. The highest BCUT2D eigenvalue weighted by Crippen LogP contribution is 2.37. The molecule has 94 valence electrons. The molecule has 18 heavy (non-hydrogen) atoms. The molecule has 0 saturated carbocycles. The number of rotatable bonds is 2. The quantitative estimate of drug-likeness (QED) is 0.739. The van der Waals surface area contributed by atoms with Crippen LogP contribution in [0.3, 0.4) is 0 Å². The zero-order valence-electron chi connectivity index (χ0n) is 9.18. The Balaban J connectivity index is 2.68. The van der Waals surface area contributed by atoms with Crippen molar-refractivity contribution in [2.75, 3.05) is 7.11 Å². The largest absolute Gasteiger partial charge is 0.496 e. The summed E-state index contributed by atoms with van der Waals surface area (Å²) in [6.07, 6.45) is 0. The van der Waals surface area contributed by atoms with Crippen LogP contribution >= 0.6 is 34.8 Å². The number of hydrogen-bond donors (Lipinski definition) is 0. The topological polar surface area (TPSA) is 22.1 Å². The van der Waals surface area contributed by atoms with Crippen LogP contribution in [0.25, 0.3) is 11.3 Å². The van der Waals surface area contributed by atoms with Crippen LogP contribution in [0.2, 0.25) is 15.2 Å². The highest BCUT2D eigenvalue weighted by molar-refractivity contribution is 6.43. The maximum absolute atomic E-state index is 13.3. The van der Waals surface area contributed by atoms with Crippen LogP contribution in [0, 0.1) is 5.82 Å². The minimum atomic E-state index is -0.422. The predicted molar refractivity (Wildman–Crippen MR) is 71.2 cm³/mol. The lowest BCUT2D eigenvalue weighted by Gasteiger charge is -2.10. The number of benzene rings is 1. The van der Waals surface area contributed by atoms with Crippen LogP contribution in [0.1, 0.15) is 0 Å². The van der Waals surface area contributed by atoms with Gasteiger partial charge < -0.3 is 4.74 Å². The molecular formula is C12H7Cl3FNO. The molecule has 1 aromatic carbocycles. The lowest BCUT2D eigenvalue weighted by molar-refractivity contribution is 0.415. The van der Waals surface area contributed by atoms with Crippen molar-refractivity contribution >= 4 is 34.8 Å². The van der Waals surface area contributed by atoms with Crippen LogP contribution in [-0.2, 0) is 0 Å². The van der Waals surface area contributed by atoms with Crippen molar-refractivity contribution in [2.45, 2.75) is 0 Å². The van der Waals surface area contributed by atoms with Crippen LogP contribution in [0.4, 0.5) is 4.39 Å². The van der Waals surface area contributed by atoms with E-state index in [1.54, 1.807) is 0 Å². The van der Waals surface area contributed by atoms with Crippen molar-refractivity contribution in [3.63, 3.8) is 0 Å². The van der Waals surface area contributed by atoms with Gasteiger partial charge >= 0.3 is 0 Å². The highest BCUT2D eigenvalue weighted by Gasteiger charge is 2.14. The summed E-state index contributed by atoms with van der Waals surface area (Å²) in [6.45, 7) is 0. The van der Waals surface area contributed by atoms with E-state index < -0.39 is 5.82 Å². The maximum atomic E-state index is 13.3. The van der Waals surface area contributed by atoms with Gasteiger partial charge in [0.2, 0.25) is 0 Å². The van der Waals surface area contributed by atoms with Crippen LogP contribution in [0.15, 0.2) is 24.3 Å². The summed E-state index contributed by atoms with van der Waals surface area (Å²) in [5.41, 5.74) is 0.739. The fourth-order valence-electron chi connectivity index (χ4n) is 1.50. The van der Waals surface area contributed by atoms with Crippen molar-refractivity contribution in [2.24, 2.45) is 0 Å². The van der Waals surface area contributed by atoms with Crippen molar-refractivity contribution in [1.29, 1.82) is 0 Å². The molecule has 6 heteroatoms. The Morgan fingerprint density at radius 1 is 1.11 bits per heavy atom. The van der Waals surface area contributed by atoms with Crippen molar-refractivity contribution in [1.82, 2.24) is 4.98 Å². The molecule has 0 bridgehead atoms. The van der Waals surface area contributed by atoms with Gasteiger partial charge in [-0.05, 0) is 24.3 Å². The van der Waals surface area contributed by atoms with E-state index in [-0.39, 0.29) is 15.2 Å². The highest BCUT2D eigenvalue weighted by atomic mass is 35.5. The van der Waals surface area contributed by atoms with Gasteiger partial charge in [0.1, 0.15) is 16.7 Å². The van der Waals surface area contributed by atoms with Gasteiger partial charge in [0.05, 0.1) is 22.8 Å². The van der Waals surface area contributed by atoms with Crippen LogP contribution in [-0.4, -0.2) is 12.1 Å². The van der Waals surface area contributed by atoms with Gasteiger partial charge in [0, 0.05) is 5.56 Å². The molecule has 0 saturated heterocycles. The Hall–Kier alpha value is -1.03. The molecule has 0 spiro atoms. The number of nitrogens with zero attached hydrogens (tertiary/aromatic N) is 1. The van der Waals surface area contributed by atoms with E-state index in [4.69, 9.17) is 39.5 Å². The average molecular weight is 307 g/mol. The van der Waals surface area contributed by atoms with Gasteiger partial charge in [-0.2, -0.15) is 0 Å². The smallest absolute Gasteiger partial charge is 0.148 e. The fourth-order valence-corrected chi connectivity index (χ4v) is 2.10. The van der Waals surface area contributed by atoms with E-state index in [2.05, 4.69) is 4.98 Å². The minimum Gasteiger partial charge on any atom is -0.496 e. The van der Waals surface area contributed by atoms with Gasteiger partial charge in [-0.1, -0.05) is 34.8 Å². The zero-order valence-corrected chi connectivity index (χ0v) is 11.4. The Morgan fingerprint density at radius 3 is 2.50 bits per heavy atom.